The molecular formula is C8H20Cl2NOTi. The molecule has 0 aromatic carbocycles. The van der Waals surface area contributed by atoms with Crippen LogP contribution in [0.4, 0.5) is 0 Å². The Bertz CT molecular complexity index is 49.1. The standard InChI is InChI=1S/C6H14N.C2H6O.2ClH.Ti/c1-3-5-7-6-4-2;1-2-3;;;/h3-6H2,1-2H3;3H,2H2,1H3;2*1H;/q-1;;;;+3/p-2. The van der Waals surface area contributed by atoms with Crippen molar-refractivity contribution in [2.75, 3.05) is 19.7 Å². The quantitative estimate of drug-likeness (QED) is 0.410. The first-order valence-corrected chi connectivity index (χ1v) is 4.07. The van der Waals surface area contributed by atoms with E-state index in [-0.39, 0.29) is 53.1 Å². The van der Waals surface area contributed by atoms with Gasteiger partial charge in [0.1, 0.15) is 0 Å². The molecule has 0 aliphatic carbocycles. The van der Waals surface area contributed by atoms with Gasteiger partial charge in [0, 0.05) is 6.61 Å². The van der Waals surface area contributed by atoms with Gasteiger partial charge in [-0.15, -0.1) is 13.1 Å². The van der Waals surface area contributed by atoms with Crippen molar-refractivity contribution in [1.29, 1.82) is 0 Å². The Hall–Kier alpha value is 1.21. The second-order valence-electron chi connectivity index (χ2n) is 1.99. The Balaban J connectivity index is -0.0000000320. The predicted molar refractivity (Wildman–Crippen MR) is 46.4 cm³/mol. The average Bonchev–Trinajstić information content (AvgIpc) is 1.91. The minimum absolute atomic E-state index is 0. The molecule has 0 aliphatic rings. The summed E-state index contributed by atoms with van der Waals surface area (Å²) in [6, 6.07) is 0. The minimum Gasteiger partial charge on any atom is -1.00 e. The summed E-state index contributed by atoms with van der Waals surface area (Å²) in [5.41, 5.74) is 0. The fraction of sp³-hybridized carbons (Fsp3) is 1.00. The van der Waals surface area contributed by atoms with Crippen LogP contribution < -0.4 is 24.8 Å². The summed E-state index contributed by atoms with van der Waals surface area (Å²) in [6.07, 6.45) is 2.39. The summed E-state index contributed by atoms with van der Waals surface area (Å²) in [5, 5.41) is 11.8. The van der Waals surface area contributed by atoms with Gasteiger partial charge in [-0.05, 0) is 6.92 Å². The van der Waals surface area contributed by atoms with Crippen LogP contribution in [0.2, 0.25) is 0 Å². The zero-order chi connectivity index (χ0) is 8.24. The van der Waals surface area contributed by atoms with Gasteiger partial charge in [0.2, 0.25) is 0 Å². The molecular weight excluding hydrogens is 245 g/mol. The van der Waals surface area contributed by atoms with Crippen LogP contribution in [0.3, 0.4) is 0 Å². The van der Waals surface area contributed by atoms with Crippen LogP contribution in [0.5, 0.6) is 0 Å². The van der Waals surface area contributed by atoms with Crippen LogP contribution in [0.15, 0.2) is 0 Å². The molecule has 1 N–H and O–H groups in total. The van der Waals surface area contributed by atoms with Gasteiger partial charge in [0.05, 0.1) is 0 Å². The van der Waals surface area contributed by atoms with Gasteiger partial charge in [0.25, 0.3) is 0 Å². The molecule has 0 saturated carbocycles. The second kappa shape index (κ2) is 37.9. The van der Waals surface area contributed by atoms with E-state index < -0.39 is 0 Å². The monoisotopic (exact) mass is 264 g/mol. The smallest absolute Gasteiger partial charge is 1.00 e. The van der Waals surface area contributed by atoms with E-state index in [9.17, 15) is 0 Å². The maximum absolute atomic E-state index is 7.57. The Morgan fingerprint density at radius 1 is 0.923 bits per heavy atom. The summed E-state index contributed by atoms with van der Waals surface area (Å²) >= 11 is 0. The number of halogens is 2. The summed E-state index contributed by atoms with van der Waals surface area (Å²) in [6.45, 7) is 8.33. The fourth-order valence-corrected chi connectivity index (χ4v) is 0.428. The van der Waals surface area contributed by atoms with Crippen molar-refractivity contribution in [2.45, 2.75) is 33.6 Å². The average molecular weight is 265 g/mol. The van der Waals surface area contributed by atoms with Gasteiger partial charge >= 0.3 is 21.7 Å². The first kappa shape index (κ1) is 29.2. The molecule has 0 aromatic rings. The molecule has 0 fully saturated rings. The van der Waals surface area contributed by atoms with Crippen LogP contribution in [0.1, 0.15) is 33.6 Å². The Morgan fingerprint density at radius 3 is 1.31 bits per heavy atom. The number of rotatable bonds is 4. The van der Waals surface area contributed by atoms with E-state index in [2.05, 4.69) is 19.2 Å². The summed E-state index contributed by atoms with van der Waals surface area (Å²) in [7, 11) is 0. The zero-order valence-corrected chi connectivity index (χ0v) is 11.8. The third-order valence-corrected chi connectivity index (χ3v) is 0.763. The van der Waals surface area contributed by atoms with E-state index in [0.717, 1.165) is 13.1 Å². The molecule has 0 spiro atoms. The van der Waals surface area contributed by atoms with Gasteiger partial charge in [-0.1, -0.05) is 26.7 Å². The summed E-state index contributed by atoms with van der Waals surface area (Å²) in [5.74, 6) is 0. The van der Waals surface area contributed by atoms with Crippen LogP contribution >= 0.6 is 0 Å². The van der Waals surface area contributed by atoms with E-state index in [1.54, 1.807) is 6.92 Å². The number of hydrogen-bond donors (Lipinski definition) is 1. The molecule has 0 atom stereocenters. The van der Waals surface area contributed by atoms with Crippen molar-refractivity contribution in [3.63, 3.8) is 0 Å². The minimum atomic E-state index is 0. The summed E-state index contributed by atoms with van der Waals surface area (Å²) in [4.78, 5) is 0. The SMILES string of the molecule is CCC[N-]CCC.CCO.[Cl-].[Cl-].[Ti+3]. The third kappa shape index (κ3) is 61.1. The molecule has 0 unspecified atom stereocenters. The predicted octanol–water partition coefficient (Wildman–Crippen LogP) is -3.82. The van der Waals surface area contributed by atoms with Crippen LogP contribution in [0, 0.1) is 0 Å². The largest absolute Gasteiger partial charge is 3.00 e. The molecule has 0 bridgehead atoms. The van der Waals surface area contributed by atoms with E-state index >= 15 is 0 Å². The van der Waals surface area contributed by atoms with Gasteiger partial charge in [-0.25, -0.2) is 0 Å². The maximum atomic E-state index is 7.57. The van der Waals surface area contributed by atoms with Gasteiger partial charge < -0.3 is 35.2 Å². The molecule has 0 aromatic heterocycles. The van der Waals surface area contributed by atoms with Crippen LogP contribution in [-0.4, -0.2) is 24.8 Å². The van der Waals surface area contributed by atoms with Crippen molar-refractivity contribution in [3.8, 4) is 0 Å². The molecule has 1 radical (unpaired) electrons. The number of nitrogens with zero attached hydrogens (tertiary/aromatic N) is 1. The van der Waals surface area contributed by atoms with Crippen LogP contribution in [0.25, 0.3) is 5.32 Å². The van der Waals surface area contributed by atoms with Crippen molar-refractivity contribution >= 4 is 0 Å². The van der Waals surface area contributed by atoms with Crippen LogP contribution in [-0.2, 0) is 21.7 Å². The number of aliphatic hydroxyl groups excluding tert-OH is 1. The van der Waals surface area contributed by atoms with Crippen molar-refractivity contribution < 1.29 is 51.6 Å². The molecule has 13 heavy (non-hydrogen) atoms. The summed E-state index contributed by atoms with van der Waals surface area (Å²) < 4.78 is 0. The Kier molecular flexibility index (Phi) is 85.2. The maximum Gasteiger partial charge on any atom is 3.00 e. The number of aliphatic hydroxyl groups is 1. The molecule has 5 heteroatoms. The van der Waals surface area contributed by atoms with Gasteiger partial charge in [0.15, 0.2) is 0 Å². The Labute approximate surface area is 110 Å². The normalized spacial score (nSPS) is 6.46. The van der Waals surface area contributed by atoms with Crippen molar-refractivity contribution in [3.05, 3.63) is 5.32 Å². The molecule has 81 valence electrons. The molecule has 2 nitrogen and oxygen atoms in total. The van der Waals surface area contributed by atoms with Crippen molar-refractivity contribution in [2.24, 2.45) is 0 Å². The zero-order valence-electron chi connectivity index (χ0n) is 8.69. The molecule has 0 aliphatic heterocycles. The second-order valence-corrected chi connectivity index (χ2v) is 1.99. The van der Waals surface area contributed by atoms with Gasteiger partial charge in [-0.3, -0.25) is 0 Å². The Morgan fingerprint density at radius 2 is 1.15 bits per heavy atom. The first-order chi connectivity index (χ1) is 4.83. The van der Waals surface area contributed by atoms with E-state index in [0.29, 0.717) is 0 Å². The topological polar surface area (TPSA) is 34.3 Å². The molecule has 0 rings (SSSR count). The molecule has 0 amide bonds. The first-order valence-electron chi connectivity index (χ1n) is 4.07. The van der Waals surface area contributed by atoms with E-state index in [1.807, 2.05) is 0 Å². The van der Waals surface area contributed by atoms with Crippen molar-refractivity contribution in [1.82, 2.24) is 0 Å². The fourth-order valence-electron chi connectivity index (χ4n) is 0.428. The van der Waals surface area contributed by atoms with E-state index in [4.69, 9.17) is 5.11 Å². The van der Waals surface area contributed by atoms with E-state index in [1.165, 1.54) is 12.8 Å². The third-order valence-electron chi connectivity index (χ3n) is 0.763. The molecule has 0 heterocycles. The molecule has 0 saturated heterocycles. The van der Waals surface area contributed by atoms with Gasteiger partial charge in [-0.2, -0.15) is 0 Å². The number of hydrogen-bond acceptors (Lipinski definition) is 1.